The fraction of sp³-hybridized carbons (Fsp3) is 0.263. The molecule has 0 radical (unpaired) electrons. The van der Waals surface area contributed by atoms with Crippen LogP contribution in [0.4, 0.5) is 0 Å². The molecule has 0 fully saturated rings. The van der Waals surface area contributed by atoms with E-state index in [4.69, 9.17) is 37.4 Å². The number of carbonyl (C=O) groups excluding carboxylic acids is 2. The lowest BCUT2D eigenvalue weighted by molar-refractivity contribution is 0.0474. The van der Waals surface area contributed by atoms with E-state index in [0.29, 0.717) is 35.3 Å². The summed E-state index contributed by atoms with van der Waals surface area (Å²) >= 11 is 12.0. The third-order valence-corrected chi connectivity index (χ3v) is 3.87. The van der Waals surface area contributed by atoms with Crippen molar-refractivity contribution in [1.82, 2.24) is 0 Å². The van der Waals surface area contributed by atoms with Crippen LogP contribution in [0.1, 0.15) is 34.6 Å². The molecule has 0 amide bonds. The number of hydrogen-bond acceptors (Lipinski definition) is 5. The van der Waals surface area contributed by atoms with Crippen molar-refractivity contribution in [2.24, 2.45) is 0 Å². The first-order chi connectivity index (χ1) is 12.5. The maximum atomic E-state index is 12.3. The van der Waals surface area contributed by atoms with Crippen molar-refractivity contribution < 1.29 is 23.8 Å². The Morgan fingerprint density at radius 2 is 1.58 bits per heavy atom. The Morgan fingerprint density at radius 1 is 0.923 bits per heavy atom. The molecule has 0 heterocycles. The van der Waals surface area contributed by atoms with Gasteiger partial charge in [-0.05, 0) is 50.2 Å². The van der Waals surface area contributed by atoms with E-state index in [1.54, 1.807) is 31.2 Å². The zero-order valence-electron chi connectivity index (χ0n) is 14.4. The van der Waals surface area contributed by atoms with Gasteiger partial charge in [0.15, 0.2) is 23.9 Å². The van der Waals surface area contributed by atoms with Gasteiger partial charge in [-0.25, -0.2) is 4.79 Å². The molecule has 26 heavy (non-hydrogen) atoms. The molecular weight excluding hydrogens is 379 g/mol. The van der Waals surface area contributed by atoms with Crippen LogP contribution in [0.3, 0.4) is 0 Å². The Hall–Kier alpha value is -2.24. The second-order valence-corrected chi connectivity index (χ2v) is 6.00. The average molecular weight is 397 g/mol. The van der Waals surface area contributed by atoms with Crippen LogP contribution in [0.2, 0.25) is 10.0 Å². The topological polar surface area (TPSA) is 61.8 Å². The lowest BCUT2D eigenvalue weighted by Gasteiger charge is -2.14. The molecule has 2 rings (SSSR count). The fourth-order valence-electron chi connectivity index (χ4n) is 2.17. The second-order valence-electron chi connectivity index (χ2n) is 5.16. The number of ketones is 1. The monoisotopic (exact) mass is 396 g/mol. The standard InChI is InChI=1S/C19H18Cl2O5/c1-3-24-17-10-13(9-15(21)18(17)25-4-2)19(23)26-11-16(22)12-5-7-14(20)8-6-12/h5-10H,3-4,11H2,1-2H3. The van der Waals surface area contributed by atoms with Gasteiger partial charge in [0.2, 0.25) is 0 Å². The summed E-state index contributed by atoms with van der Waals surface area (Å²) in [5.41, 5.74) is 0.577. The van der Waals surface area contributed by atoms with E-state index in [-0.39, 0.29) is 16.4 Å². The Balaban J connectivity index is 2.11. The molecule has 7 heteroatoms. The molecule has 2 aromatic carbocycles. The van der Waals surface area contributed by atoms with Crippen LogP contribution in [-0.2, 0) is 4.74 Å². The molecule has 0 bridgehead atoms. The molecule has 0 N–H and O–H groups in total. The van der Waals surface area contributed by atoms with Crippen LogP contribution in [0.5, 0.6) is 11.5 Å². The number of benzene rings is 2. The third-order valence-electron chi connectivity index (χ3n) is 3.33. The van der Waals surface area contributed by atoms with Gasteiger partial charge in [0.25, 0.3) is 0 Å². The van der Waals surface area contributed by atoms with Crippen molar-refractivity contribution in [3.63, 3.8) is 0 Å². The minimum atomic E-state index is -0.682. The van der Waals surface area contributed by atoms with Crippen LogP contribution < -0.4 is 9.47 Å². The van der Waals surface area contributed by atoms with E-state index in [0.717, 1.165) is 0 Å². The molecule has 0 aliphatic rings. The largest absolute Gasteiger partial charge is 0.490 e. The summed E-state index contributed by atoms with van der Waals surface area (Å²) < 4.78 is 16.0. The highest BCUT2D eigenvalue weighted by molar-refractivity contribution is 6.32. The lowest BCUT2D eigenvalue weighted by Crippen LogP contribution is -2.14. The van der Waals surface area contributed by atoms with Crippen molar-refractivity contribution in [2.75, 3.05) is 19.8 Å². The lowest BCUT2D eigenvalue weighted by atomic mass is 10.1. The molecule has 0 aliphatic carbocycles. The van der Waals surface area contributed by atoms with E-state index < -0.39 is 12.6 Å². The van der Waals surface area contributed by atoms with Crippen LogP contribution in [0, 0.1) is 0 Å². The van der Waals surface area contributed by atoms with E-state index in [1.807, 2.05) is 6.92 Å². The van der Waals surface area contributed by atoms with Gasteiger partial charge in [0.1, 0.15) is 0 Å². The number of Topliss-reactive ketones (excluding diaryl/α,β-unsaturated/α-hetero) is 1. The van der Waals surface area contributed by atoms with Gasteiger partial charge in [-0.15, -0.1) is 0 Å². The first-order valence-electron chi connectivity index (χ1n) is 8.01. The quantitative estimate of drug-likeness (QED) is 0.472. The molecular formula is C19H18Cl2O5. The Morgan fingerprint density at radius 3 is 2.19 bits per heavy atom. The summed E-state index contributed by atoms with van der Waals surface area (Å²) in [5, 5.41) is 0.750. The smallest absolute Gasteiger partial charge is 0.338 e. The maximum Gasteiger partial charge on any atom is 0.338 e. The maximum absolute atomic E-state index is 12.3. The van der Waals surface area contributed by atoms with Gasteiger partial charge >= 0.3 is 5.97 Å². The molecule has 0 aliphatic heterocycles. The van der Waals surface area contributed by atoms with Crippen LogP contribution in [0.25, 0.3) is 0 Å². The summed E-state index contributed by atoms with van der Waals surface area (Å²) in [4.78, 5) is 24.3. The molecule has 138 valence electrons. The van der Waals surface area contributed by atoms with Crippen molar-refractivity contribution in [1.29, 1.82) is 0 Å². The second kappa shape index (κ2) is 9.46. The summed E-state index contributed by atoms with van der Waals surface area (Å²) in [7, 11) is 0. The minimum absolute atomic E-state index is 0.172. The zero-order valence-corrected chi connectivity index (χ0v) is 15.9. The first kappa shape index (κ1) is 20.1. The normalized spacial score (nSPS) is 10.3. The molecule has 0 spiro atoms. The van der Waals surface area contributed by atoms with Gasteiger partial charge in [0.05, 0.1) is 23.8 Å². The molecule has 2 aromatic rings. The van der Waals surface area contributed by atoms with Crippen molar-refractivity contribution >= 4 is 35.0 Å². The Labute approximate surface area is 161 Å². The van der Waals surface area contributed by atoms with Crippen LogP contribution >= 0.6 is 23.2 Å². The number of halogens is 2. The van der Waals surface area contributed by atoms with Gasteiger partial charge < -0.3 is 14.2 Å². The molecule has 5 nitrogen and oxygen atoms in total. The summed E-state index contributed by atoms with van der Waals surface area (Å²) in [6.07, 6.45) is 0. The number of esters is 1. The molecule has 0 saturated heterocycles. The van der Waals surface area contributed by atoms with Crippen molar-refractivity contribution in [3.05, 3.63) is 57.6 Å². The highest BCUT2D eigenvalue weighted by atomic mass is 35.5. The Bertz CT molecular complexity index is 787. The summed E-state index contributed by atoms with van der Waals surface area (Å²) in [5.74, 6) is -0.307. The SMILES string of the molecule is CCOc1cc(C(=O)OCC(=O)c2ccc(Cl)cc2)cc(Cl)c1OCC. The predicted octanol–water partition coefficient (Wildman–Crippen LogP) is 4.83. The summed E-state index contributed by atoms with van der Waals surface area (Å²) in [6.45, 7) is 4.01. The highest BCUT2D eigenvalue weighted by Gasteiger charge is 2.18. The highest BCUT2D eigenvalue weighted by Crippen LogP contribution is 2.36. The van der Waals surface area contributed by atoms with E-state index in [2.05, 4.69) is 0 Å². The first-order valence-corrected chi connectivity index (χ1v) is 8.76. The fourth-order valence-corrected chi connectivity index (χ4v) is 2.56. The minimum Gasteiger partial charge on any atom is -0.490 e. The number of rotatable bonds is 8. The van der Waals surface area contributed by atoms with E-state index in [9.17, 15) is 9.59 Å². The summed E-state index contributed by atoms with van der Waals surface area (Å²) in [6, 6.07) is 9.23. The number of carbonyl (C=O) groups is 2. The van der Waals surface area contributed by atoms with E-state index >= 15 is 0 Å². The van der Waals surface area contributed by atoms with Gasteiger partial charge in [-0.1, -0.05) is 23.2 Å². The van der Waals surface area contributed by atoms with Gasteiger partial charge in [0, 0.05) is 10.6 Å². The van der Waals surface area contributed by atoms with Crippen molar-refractivity contribution in [3.8, 4) is 11.5 Å². The number of ether oxygens (including phenoxy) is 3. The van der Waals surface area contributed by atoms with Gasteiger partial charge in [-0.3, -0.25) is 4.79 Å². The molecule has 0 atom stereocenters. The predicted molar refractivity (Wildman–Crippen MR) is 99.9 cm³/mol. The van der Waals surface area contributed by atoms with Crippen LogP contribution in [-0.4, -0.2) is 31.6 Å². The average Bonchev–Trinajstić information content (AvgIpc) is 2.62. The molecule has 0 unspecified atom stereocenters. The van der Waals surface area contributed by atoms with Crippen molar-refractivity contribution in [2.45, 2.75) is 13.8 Å². The van der Waals surface area contributed by atoms with Crippen LogP contribution in [0.15, 0.2) is 36.4 Å². The van der Waals surface area contributed by atoms with E-state index in [1.165, 1.54) is 12.1 Å². The zero-order chi connectivity index (χ0) is 19.1. The molecule has 0 saturated carbocycles. The molecule has 0 aromatic heterocycles. The third kappa shape index (κ3) is 5.13. The van der Waals surface area contributed by atoms with Gasteiger partial charge in [-0.2, -0.15) is 0 Å². The Kier molecular flexibility index (Phi) is 7.30. The number of hydrogen-bond donors (Lipinski definition) is 0.